The van der Waals surface area contributed by atoms with Crippen molar-refractivity contribution >= 4 is 11.8 Å². The van der Waals surface area contributed by atoms with Crippen LogP contribution in [0.1, 0.15) is 19.3 Å². The Morgan fingerprint density at radius 1 is 1.46 bits per heavy atom. The lowest BCUT2D eigenvalue weighted by Gasteiger charge is -2.28. The zero-order valence-electron chi connectivity index (χ0n) is 8.20. The van der Waals surface area contributed by atoms with Gasteiger partial charge < -0.3 is 4.90 Å². The van der Waals surface area contributed by atoms with Gasteiger partial charge in [-0.3, -0.25) is 0 Å². The van der Waals surface area contributed by atoms with Gasteiger partial charge in [0.1, 0.15) is 0 Å². The summed E-state index contributed by atoms with van der Waals surface area (Å²) in [6, 6.07) is 0. The Morgan fingerprint density at radius 3 is 3.08 bits per heavy atom. The molecule has 0 aliphatic carbocycles. The summed E-state index contributed by atoms with van der Waals surface area (Å²) in [5.74, 6) is 1.36. The average molecular weight is 195 g/mol. The second-order valence-corrected chi connectivity index (χ2v) is 5.16. The fourth-order valence-electron chi connectivity index (χ4n) is 1.95. The molecule has 0 aromatic heterocycles. The molecule has 1 atom stereocenters. The van der Waals surface area contributed by atoms with Gasteiger partial charge in [-0.2, -0.15) is 11.8 Å². The van der Waals surface area contributed by atoms with Gasteiger partial charge in [-0.1, -0.05) is 12.5 Å². The molecule has 0 spiro atoms. The summed E-state index contributed by atoms with van der Waals surface area (Å²) in [7, 11) is 2.15. The summed E-state index contributed by atoms with van der Waals surface area (Å²) in [6.45, 7) is 1.13. The van der Waals surface area contributed by atoms with E-state index in [1.165, 1.54) is 25.0 Å². The monoisotopic (exact) mass is 195 g/mol. The number of hydrogen-bond acceptors (Lipinski definition) is 2. The summed E-state index contributed by atoms with van der Waals surface area (Å²) in [4.78, 5) is 2.27. The molecule has 0 bridgehead atoms. The molecule has 2 rings (SSSR count). The third-order valence-corrected chi connectivity index (χ3v) is 4.14. The molecule has 1 fully saturated rings. The Balaban J connectivity index is 1.98. The van der Waals surface area contributed by atoms with Gasteiger partial charge in [0.2, 0.25) is 0 Å². The zero-order chi connectivity index (χ0) is 9.10. The van der Waals surface area contributed by atoms with E-state index in [-0.39, 0.29) is 0 Å². The first kappa shape index (κ1) is 9.20. The number of rotatable bonds is 1. The Kier molecular flexibility index (Phi) is 2.99. The molecule has 1 saturated heterocycles. The van der Waals surface area contributed by atoms with Crippen LogP contribution in [-0.4, -0.2) is 29.5 Å². The van der Waals surface area contributed by atoms with Gasteiger partial charge in [0.05, 0.1) is 0 Å². The molecule has 0 aromatic carbocycles. The standard InChI is InChI=1S/C11H17NS/c1-12-7-4-5-10(9-12)11-6-2-3-8-13-11/h4-5,7,11H,2-3,6,8-9H2,1H3. The fourth-order valence-corrected chi connectivity index (χ4v) is 3.31. The van der Waals surface area contributed by atoms with Crippen LogP contribution in [0.4, 0.5) is 0 Å². The Morgan fingerprint density at radius 2 is 2.38 bits per heavy atom. The maximum Gasteiger partial charge on any atom is 0.0394 e. The van der Waals surface area contributed by atoms with Crippen LogP contribution >= 0.6 is 11.8 Å². The summed E-state index contributed by atoms with van der Waals surface area (Å²) >= 11 is 2.14. The minimum atomic E-state index is 0.807. The summed E-state index contributed by atoms with van der Waals surface area (Å²) in [5, 5.41) is 0.807. The van der Waals surface area contributed by atoms with E-state index in [1.807, 2.05) is 0 Å². The number of thioether (sulfide) groups is 1. The lowest BCUT2D eigenvalue weighted by Crippen LogP contribution is -2.24. The van der Waals surface area contributed by atoms with Gasteiger partial charge in [0.25, 0.3) is 0 Å². The lowest BCUT2D eigenvalue weighted by molar-refractivity contribution is 0.479. The zero-order valence-corrected chi connectivity index (χ0v) is 9.02. The fraction of sp³-hybridized carbons (Fsp3) is 0.636. The molecule has 2 heteroatoms. The molecule has 0 radical (unpaired) electrons. The van der Waals surface area contributed by atoms with E-state index >= 15 is 0 Å². The highest BCUT2D eigenvalue weighted by atomic mass is 32.2. The second kappa shape index (κ2) is 4.23. The van der Waals surface area contributed by atoms with Gasteiger partial charge in [0, 0.05) is 18.8 Å². The van der Waals surface area contributed by atoms with Gasteiger partial charge in [-0.25, -0.2) is 0 Å². The number of allylic oxidation sites excluding steroid dienone is 2. The van der Waals surface area contributed by atoms with Crippen molar-refractivity contribution in [2.24, 2.45) is 0 Å². The molecule has 0 N–H and O–H groups in total. The topological polar surface area (TPSA) is 3.24 Å². The van der Waals surface area contributed by atoms with Crippen LogP contribution in [0.15, 0.2) is 23.9 Å². The number of hydrogen-bond donors (Lipinski definition) is 0. The van der Waals surface area contributed by atoms with Gasteiger partial charge in [-0.05, 0) is 36.4 Å². The first-order valence-electron chi connectivity index (χ1n) is 5.05. The van der Waals surface area contributed by atoms with E-state index < -0.39 is 0 Å². The quantitative estimate of drug-likeness (QED) is 0.633. The van der Waals surface area contributed by atoms with Gasteiger partial charge in [-0.15, -0.1) is 0 Å². The van der Waals surface area contributed by atoms with Crippen LogP contribution in [0.2, 0.25) is 0 Å². The molecule has 2 heterocycles. The van der Waals surface area contributed by atoms with E-state index in [1.54, 1.807) is 5.57 Å². The molecular formula is C11H17NS. The molecular weight excluding hydrogens is 178 g/mol. The third-order valence-electron chi connectivity index (χ3n) is 2.68. The molecule has 2 aliphatic heterocycles. The Labute approximate surface area is 84.9 Å². The normalized spacial score (nSPS) is 28.8. The van der Waals surface area contributed by atoms with Crippen LogP contribution in [0, 0.1) is 0 Å². The van der Waals surface area contributed by atoms with E-state index in [9.17, 15) is 0 Å². The first-order chi connectivity index (χ1) is 6.36. The van der Waals surface area contributed by atoms with Crippen molar-refractivity contribution in [3.05, 3.63) is 23.9 Å². The third kappa shape index (κ3) is 2.31. The van der Waals surface area contributed by atoms with E-state index in [4.69, 9.17) is 0 Å². The van der Waals surface area contributed by atoms with E-state index in [2.05, 4.69) is 42.1 Å². The van der Waals surface area contributed by atoms with Crippen molar-refractivity contribution < 1.29 is 0 Å². The first-order valence-corrected chi connectivity index (χ1v) is 6.10. The largest absolute Gasteiger partial charge is 0.376 e. The number of nitrogens with zero attached hydrogens (tertiary/aromatic N) is 1. The smallest absolute Gasteiger partial charge is 0.0394 e. The van der Waals surface area contributed by atoms with Crippen molar-refractivity contribution in [3.8, 4) is 0 Å². The summed E-state index contributed by atoms with van der Waals surface area (Å²) in [5.41, 5.74) is 1.62. The summed E-state index contributed by atoms with van der Waals surface area (Å²) in [6.07, 6.45) is 10.9. The minimum Gasteiger partial charge on any atom is -0.376 e. The van der Waals surface area contributed by atoms with Crippen molar-refractivity contribution in [1.29, 1.82) is 0 Å². The molecule has 0 saturated carbocycles. The van der Waals surface area contributed by atoms with E-state index in [0.717, 1.165) is 11.8 Å². The predicted octanol–water partition coefficient (Wildman–Crippen LogP) is 2.66. The molecule has 0 amide bonds. The van der Waals surface area contributed by atoms with Crippen LogP contribution in [-0.2, 0) is 0 Å². The molecule has 1 nitrogen and oxygen atoms in total. The molecule has 1 unspecified atom stereocenters. The average Bonchev–Trinajstić information content (AvgIpc) is 2.19. The molecule has 2 aliphatic rings. The van der Waals surface area contributed by atoms with Gasteiger partial charge in [0.15, 0.2) is 0 Å². The van der Waals surface area contributed by atoms with Gasteiger partial charge >= 0.3 is 0 Å². The van der Waals surface area contributed by atoms with Crippen molar-refractivity contribution in [1.82, 2.24) is 4.90 Å². The highest BCUT2D eigenvalue weighted by molar-refractivity contribution is 8.00. The second-order valence-electron chi connectivity index (χ2n) is 3.85. The van der Waals surface area contributed by atoms with Crippen molar-refractivity contribution in [2.75, 3.05) is 19.3 Å². The van der Waals surface area contributed by atoms with Crippen molar-refractivity contribution in [2.45, 2.75) is 24.5 Å². The maximum atomic E-state index is 2.31. The van der Waals surface area contributed by atoms with Crippen LogP contribution in [0.3, 0.4) is 0 Å². The Bertz CT molecular complexity index is 226. The minimum absolute atomic E-state index is 0.807. The highest BCUT2D eigenvalue weighted by Crippen LogP contribution is 2.31. The maximum absolute atomic E-state index is 2.31. The predicted molar refractivity (Wildman–Crippen MR) is 60.0 cm³/mol. The molecule has 13 heavy (non-hydrogen) atoms. The lowest BCUT2D eigenvalue weighted by atomic mass is 10.0. The van der Waals surface area contributed by atoms with Crippen molar-refractivity contribution in [3.63, 3.8) is 0 Å². The van der Waals surface area contributed by atoms with Crippen LogP contribution in [0.25, 0.3) is 0 Å². The van der Waals surface area contributed by atoms with Crippen LogP contribution in [0.5, 0.6) is 0 Å². The Hall–Kier alpha value is -0.370. The molecule has 0 aromatic rings. The highest BCUT2D eigenvalue weighted by Gasteiger charge is 2.19. The van der Waals surface area contributed by atoms with E-state index in [0.29, 0.717) is 0 Å². The SMILES string of the molecule is CN1C=CC=C(C2CCCCS2)C1. The number of likely N-dealkylation sites (N-methyl/N-ethyl adjacent to an activating group) is 1. The summed E-state index contributed by atoms with van der Waals surface area (Å²) < 4.78 is 0. The molecule has 72 valence electrons. The van der Waals surface area contributed by atoms with Crippen LogP contribution < -0.4 is 0 Å².